The molecule has 0 unspecified atom stereocenters. The van der Waals surface area contributed by atoms with E-state index < -0.39 is 0 Å². The van der Waals surface area contributed by atoms with Crippen molar-refractivity contribution in [2.75, 3.05) is 13.1 Å². The van der Waals surface area contributed by atoms with Crippen LogP contribution in [0, 0.1) is 0 Å². The van der Waals surface area contributed by atoms with Crippen molar-refractivity contribution in [3.63, 3.8) is 0 Å². The molecule has 2 heterocycles. The third kappa shape index (κ3) is 3.68. The van der Waals surface area contributed by atoms with Crippen LogP contribution in [-0.4, -0.2) is 39.6 Å². The van der Waals surface area contributed by atoms with Crippen LogP contribution in [0.3, 0.4) is 0 Å². The predicted octanol–water partition coefficient (Wildman–Crippen LogP) is 3.73. The van der Waals surface area contributed by atoms with E-state index in [2.05, 4.69) is 47.4 Å². The maximum Gasteiger partial charge on any atom is 0.161 e. The maximum atomic E-state index is 11.6. The van der Waals surface area contributed by atoms with E-state index in [1.807, 2.05) is 23.9 Å². The van der Waals surface area contributed by atoms with Crippen molar-refractivity contribution in [1.29, 1.82) is 0 Å². The number of ketones is 1. The van der Waals surface area contributed by atoms with Crippen LogP contribution in [0.2, 0.25) is 0 Å². The van der Waals surface area contributed by atoms with Crippen LogP contribution in [0.1, 0.15) is 40.9 Å². The molecule has 0 spiro atoms. The summed E-state index contributed by atoms with van der Waals surface area (Å²) < 4.78 is 2.01. The van der Waals surface area contributed by atoms with Crippen molar-refractivity contribution in [1.82, 2.24) is 9.47 Å². The molecule has 1 fully saturated rings. The Morgan fingerprint density at radius 2 is 1.93 bits per heavy atom. The minimum Gasteiger partial charge on any atom is -0.391 e. The SMILES string of the molecule is CC(=O)c1cc(CN2CC[C@@H](c3ccc4ccccc4c3)[C@H](O)C2)n(C)c1. The van der Waals surface area contributed by atoms with E-state index in [1.54, 1.807) is 6.92 Å². The van der Waals surface area contributed by atoms with Gasteiger partial charge in [-0.2, -0.15) is 0 Å². The zero-order valence-electron chi connectivity index (χ0n) is 15.9. The average molecular weight is 362 g/mol. The van der Waals surface area contributed by atoms with Gasteiger partial charge in [-0.15, -0.1) is 0 Å². The highest BCUT2D eigenvalue weighted by atomic mass is 16.3. The number of nitrogens with zero attached hydrogens (tertiary/aromatic N) is 2. The second-order valence-corrected chi connectivity index (χ2v) is 7.69. The molecule has 140 valence electrons. The molecule has 0 bridgehead atoms. The second-order valence-electron chi connectivity index (χ2n) is 7.69. The van der Waals surface area contributed by atoms with Crippen LogP contribution in [0.4, 0.5) is 0 Å². The molecular formula is C23H26N2O2. The molecule has 4 heteroatoms. The fourth-order valence-corrected chi connectivity index (χ4v) is 4.16. The number of hydrogen-bond donors (Lipinski definition) is 1. The molecule has 4 nitrogen and oxygen atoms in total. The zero-order chi connectivity index (χ0) is 19.0. The molecule has 0 radical (unpaired) electrons. The van der Waals surface area contributed by atoms with E-state index in [1.165, 1.54) is 16.3 Å². The van der Waals surface area contributed by atoms with Gasteiger partial charge < -0.3 is 9.67 Å². The molecule has 2 aromatic carbocycles. The van der Waals surface area contributed by atoms with Gasteiger partial charge in [0.15, 0.2) is 5.78 Å². The number of benzene rings is 2. The predicted molar refractivity (Wildman–Crippen MR) is 108 cm³/mol. The summed E-state index contributed by atoms with van der Waals surface area (Å²) in [5, 5.41) is 13.3. The van der Waals surface area contributed by atoms with Crippen LogP contribution in [0.25, 0.3) is 10.8 Å². The van der Waals surface area contributed by atoms with Gasteiger partial charge in [0.25, 0.3) is 0 Å². The first-order chi connectivity index (χ1) is 13.0. The molecule has 1 saturated heterocycles. The van der Waals surface area contributed by atoms with E-state index in [-0.39, 0.29) is 17.8 Å². The Bertz CT molecular complexity index is 975. The zero-order valence-corrected chi connectivity index (χ0v) is 15.9. The van der Waals surface area contributed by atoms with Gasteiger partial charge in [-0.05, 0) is 42.3 Å². The quantitative estimate of drug-likeness (QED) is 0.719. The van der Waals surface area contributed by atoms with Crippen LogP contribution >= 0.6 is 0 Å². The Kier molecular flexibility index (Phi) is 4.85. The molecule has 3 aromatic rings. The Labute approximate surface area is 160 Å². The summed E-state index contributed by atoms with van der Waals surface area (Å²) in [7, 11) is 1.97. The number of aromatic nitrogens is 1. The number of carbonyl (C=O) groups is 1. The highest BCUT2D eigenvalue weighted by Gasteiger charge is 2.29. The summed E-state index contributed by atoms with van der Waals surface area (Å²) >= 11 is 0. The van der Waals surface area contributed by atoms with Crippen LogP contribution in [0.15, 0.2) is 54.7 Å². The molecule has 0 saturated carbocycles. The second kappa shape index (κ2) is 7.29. The van der Waals surface area contributed by atoms with Gasteiger partial charge in [-0.25, -0.2) is 0 Å². The minimum absolute atomic E-state index is 0.0897. The summed E-state index contributed by atoms with van der Waals surface area (Å²) in [6, 6.07) is 16.8. The summed E-state index contributed by atoms with van der Waals surface area (Å²) in [5.74, 6) is 0.263. The number of aliphatic hydroxyl groups excluding tert-OH is 1. The standard InChI is InChI=1S/C23H26N2O2/c1-16(26)20-12-21(24(2)13-20)14-25-10-9-22(23(27)15-25)19-8-7-17-5-3-4-6-18(17)11-19/h3-8,11-13,22-23,27H,9-10,14-15H2,1-2H3/t22-,23+/m0/s1. The number of fused-ring (bicyclic) bond motifs is 1. The first-order valence-corrected chi connectivity index (χ1v) is 9.56. The smallest absolute Gasteiger partial charge is 0.161 e. The van der Waals surface area contributed by atoms with Gasteiger partial charge in [0.05, 0.1) is 6.10 Å². The average Bonchev–Trinajstić information content (AvgIpc) is 3.02. The minimum atomic E-state index is -0.382. The fourth-order valence-electron chi connectivity index (χ4n) is 4.16. The molecule has 2 atom stereocenters. The molecular weight excluding hydrogens is 336 g/mol. The van der Waals surface area contributed by atoms with Gasteiger partial charge in [0.1, 0.15) is 0 Å². The lowest BCUT2D eigenvalue weighted by atomic mass is 9.86. The monoisotopic (exact) mass is 362 g/mol. The number of β-amino-alcohol motifs (C(OH)–C–C–N with tert-alkyl or cyclic N) is 1. The lowest BCUT2D eigenvalue weighted by Gasteiger charge is -2.36. The number of carbonyl (C=O) groups excluding carboxylic acids is 1. The Balaban J connectivity index is 1.46. The first kappa shape index (κ1) is 18.0. The summed E-state index contributed by atoms with van der Waals surface area (Å²) in [5.41, 5.74) is 3.08. The number of piperidine rings is 1. The van der Waals surface area contributed by atoms with E-state index in [0.717, 1.165) is 30.8 Å². The molecule has 1 aliphatic rings. The molecule has 0 amide bonds. The van der Waals surface area contributed by atoms with Gasteiger partial charge >= 0.3 is 0 Å². The summed E-state index contributed by atoms with van der Waals surface area (Å²) in [6.07, 6.45) is 2.44. The van der Waals surface area contributed by atoms with Crippen molar-refractivity contribution >= 4 is 16.6 Å². The molecule has 1 aromatic heterocycles. The summed E-state index contributed by atoms with van der Waals surface area (Å²) in [4.78, 5) is 13.9. The third-order valence-corrected chi connectivity index (χ3v) is 5.77. The van der Waals surface area contributed by atoms with Crippen molar-refractivity contribution < 1.29 is 9.90 Å². The Morgan fingerprint density at radius 1 is 1.15 bits per heavy atom. The molecule has 27 heavy (non-hydrogen) atoms. The number of aryl methyl sites for hydroxylation is 1. The normalized spacial score (nSPS) is 20.9. The van der Waals surface area contributed by atoms with Crippen molar-refractivity contribution in [3.8, 4) is 0 Å². The summed E-state index contributed by atoms with van der Waals surface area (Å²) in [6.45, 7) is 3.94. The van der Waals surface area contributed by atoms with Crippen LogP contribution < -0.4 is 0 Å². The van der Waals surface area contributed by atoms with Crippen LogP contribution in [0.5, 0.6) is 0 Å². The number of aliphatic hydroxyl groups is 1. The molecule has 4 rings (SSSR count). The van der Waals surface area contributed by atoms with Gasteiger partial charge in [-0.1, -0.05) is 42.5 Å². The topological polar surface area (TPSA) is 45.5 Å². The molecule has 0 aliphatic carbocycles. The van der Waals surface area contributed by atoms with Gasteiger partial charge in [0, 0.05) is 43.5 Å². The fraction of sp³-hybridized carbons (Fsp3) is 0.348. The van der Waals surface area contributed by atoms with Crippen LogP contribution in [-0.2, 0) is 13.6 Å². The van der Waals surface area contributed by atoms with Gasteiger partial charge in [-0.3, -0.25) is 9.69 Å². The lowest BCUT2D eigenvalue weighted by Crippen LogP contribution is -2.42. The van der Waals surface area contributed by atoms with Crippen molar-refractivity contribution in [2.45, 2.75) is 31.9 Å². The van der Waals surface area contributed by atoms with Crippen molar-refractivity contribution in [2.24, 2.45) is 7.05 Å². The van der Waals surface area contributed by atoms with E-state index in [0.29, 0.717) is 6.54 Å². The number of hydrogen-bond acceptors (Lipinski definition) is 3. The number of likely N-dealkylation sites (tertiary alicyclic amines) is 1. The molecule has 1 aliphatic heterocycles. The number of Topliss-reactive ketones (excluding diaryl/α,β-unsaturated/α-hetero) is 1. The third-order valence-electron chi connectivity index (χ3n) is 5.77. The number of rotatable bonds is 4. The lowest BCUT2D eigenvalue weighted by molar-refractivity contribution is 0.0468. The van der Waals surface area contributed by atoms with E-state index in [9.17, 15) is 9.90 Å². The largest absolute Gasteiger partial charge is 0.391 e. The van der Waals surface area contributed by atoms with E-state index in [4.69, 9.17) is 0 Å². The molecule has 1 N–H and O–H groups in total. The first-order valence-electron chi connectivity index (χ1n) is 9.56. The Hall–Kier alpha value is -2.43. The van der Waals surface area contributed by atoms with Gasteiger partial charge in [0.2, 0.25) is 0 Å². The maximum absolute atomic E-state index is 11.6. The highest BCUT2D eigenvalue weighted by Crippen LogP contribution is 2.31. The van der Waals surface area contributed by atoms with E-state index >= 15 is 0 Å². The Morgan fingerprint density at radius 3 is 2.63 bits per heavy atom. The van der Waals surface area contributed by atoms with Crippen molar-refractivity contribution in [3.05, 3.63) is 71.5 Å². The highest BCUT2D eigenvalue weighted by molar-refractivity contribution is 5.94.